The van der Waals surface area contributed by atoms with Crippen molar-refractivity contribution in [2.75, 3.05) is 11.5 Å². The van der Waals surface area contributed by atoms with Gasteiger partial charge in [0.1, 0.15) is 0 Å². The van der Waals surface area contributed by atoms with E-state index in [0.717, 1.165) is 0 Å². The molecule has 1 aromatic heterocycles. The van der Waals surface area contributed by atoms with E-state index in [1.807, 2.05) is 0 Å². The van der Waals surface area contributed by atoms with Crippen LogP contribution in [-0.4, -0.2) is 19.9 Å². The highest BCUT2D eigenvalue weighted by Gasteiger charge is 2.12. The molecule has 0 aliphatic carbocycles. The molecule has 9 heteroatoms. The average molecular weight is 311 g/mol. The molecule has 0 aliphatic heterocycles. The monoisotopic (exact) mass is 310 g/mol. The van der Waals surface area contributed by atoms with Crippen LogP contribution in [0.15, 0.2) is 22.7 Å². The van der Waals surface area contributed by atoms with E-state index >= 15 is 0 Å². The second kappa shape index (κ2) is 4.53. The van der Waals surface area contributed by atoms with Crippen molar-refractivity contribution in [3.05, 3.63) is 32.8 Å². The molecule has 2 rings (SSSR count). The van der Waals surface area contributed by atoms with E-state index in [-0.39, 0.29) is 23.4 Å². The van der Waals surface area contributed by atoms with Crippen molar-refractivity contribution in [2.24, 2.45) is 0 Å². The van der Waals surface area contributed by atoms with Crippen molar-refractivity contribution in [3.63, 3.8) is 0 Å². The number of nitrogens with zero attached hydrogens (tertiary/aromatic N) is 4. The molecule has 8 nitrogen and oxygen atoms in total. The molecule has 0 aliphatic rings. The Kier molecular flexibility index (Phi) is 3.06. The number of nitro benzene ring substituents is 1. The summed E-state index contributed by atoms with van der Waals surface area (Å²) in [5, 5.41) is 10.8. The lowest BCUT2D eigenvalue weighted by molar-refractivity contribution is -0.384. The van der Waals surface area contributed by atoms with Crippen LogP contribution in [0.3, 0.4) is 0 Å². The molecular formula is C9H7BrN6O2. The van der Waals surface area contributed by atoms with Gasteiger partial charge in [-0.25, -0.2) is 0 Å². The molecule has 1 aromatic carbocycles. The lowest BCUT2D eigenvalue weighted by Gasteiger charge is -2.03. The number of rotatable bonds is 2. The Labute approximate surface area is 109 Å². The number of nitro groups is 1. The minimum Gasteiger partial charge on any atom is -0.368 e. The summed E-state index contributed by atoms with van der Waals surface area (Å²) in [6, 6.07) is 4.33. The zero-order chi connectivity index (χ0) is 13.3. The molecular weight excluding hydrogens is 304 g/mol. The molecule has 0 bridgehead atoms. The van der Waals surface area contributed by atoms with Gasteiger partial charge in [0.25, 0.3) is 5.69 Å². The van der Waals surface area contributed by atoms with E-state index < -0.39 is 4.92 Å². The lowest BCUT2D eigenvalue weighted by Crippen LogP contribution is -2.04. The van der Waals surface area contributed by atoms with Crippen molar-refractivity contribution in [1.82, 2.24) is 15.0 Å². The molecule has 0 radical (unpaired) electrons. The van der Waals surface area contributed by atoms with Gasteiger partial charge in [-0.15, -0.1) is 0 Å². The molecule has 0 unspecified atom stereocenters. The number of nitrogen functional groups attached to an aromatic ring is 2. The highest BCUT2D eigenvalue weighted by atomic mass is 79.9. The molecule has 0 saturated heterocycles. The Morgan fingerprint density at radius 2 is 1.72 bits per heavy atom. The minimum atomic E-state index is -0.512. The standard InChI is InChI=1S/C9H7BrN6O2/c10-5-1-4(2-6(3-5)16(17)18)7-13-8(11)15-9(12)14-7/h1-3H,(H4,11,12,13,14,15). The summed E-state index contributed by atoms with van der Waals surface area (Å²) in [7, 11) is 0. The van der Waals surface area contributed by atoms with Gasteiger partial charge in [0, 0.05) is 22.2 Å². The molecule has 0 fully saturated rings. The van der Waals surface area contributed by atoms with Gasteiger partial charge in [-0.1, -0.05) is 15.9 Å². The Hall–Kier alpha value is -2.29. The third kappa shape index (κ3) is 2.51. The van der Waals surface area contributed by atoms with Gasteiger partial charge >= 0.3 is 0 Å². The predicted molar refractivity (Wildman–Crippen MR) is 68.4 cm³/mol. The largest absolute Gasteiger partial charge is 0.368 e. The molecule has 0 saturated carbocycles. The molecule has 0 spiro atoms. The van der Waals surface area contributed by atoms with E-state index in [2.05, 4.69) is 30.9 Å². The summed E-state index contributed by atoms with van der Waals surface area (Å²) in [6.07, 6.45) is 0. The molecule has 18 heavy (non-hydrogen) atoms. The molecule has 0 atom stereocenters. The van der Waals surface area contributed by atoms with Crippen LogP contribution in [0.25, 0.3) is 11.4 Å². The summed E-state index contributed by atoms with van der Waals surface area (Å²) in [4.78, 5) is 21.6. The highest BCUT2D eigenvalue weighted by Crippen LogP contribution is 2.27. The third-order valence-corrected chi connectivity index (χ3v) is 2.48. The van der Waals surface area contributed by atoms with Crippen LogP contribution >= 0.6 is 15.9 Å². The van der Waals surface area contributed by atoms with Gasteiger partial charge in [0.15, 0.2) is 5.82 Å². The highest BCUT2D eigenvalue weighted by molar-refractivity contribution is 9.10. The van der Waals surface area contributed by atoms with E-state index in [9.17, 15) is 10.1 Å². The van der Waals surface area contributed by atoms with Gasteiger partial charge < -0.3 is 11.5 Å². The number of hydrogen-bond donors (Lipinski definition) is 2. The lowest BCUT2D eigenvalue weighted by atomic mass is 10.2. The second-order valence-electron chi connectivity index (χ2n) is 3.33. The fourth-order valence-electron chi connectivity index (χ4n) is 1.35. The van der Waals surface area contributed by atoms with Gasteiger partial charge in [-0.05, 0) is 6.07 Å². The van der Waals surface area contributed by atoms with E-state index in [0.29, 0.717) is 10.0 Å². The van der Waals surface area contributed by atoms with Crippen LogP contribution in [0.1, 0.15) is 0 Å². The first-order valence-electron chi connectivity index (χ1n) is 4.68. The van der Waals surface area contributed by atoms with Crippen molar-refractivity contribution in [2.45, 2.75) is 0 Å². The zero-order valence-electron chi connectivity index (χ0n) is 8.87. The number of aromatic nitrogens is 3. The van der Waals surface area contributed by atoms with Gasteiger partial charge in [0.05, 0.1) is 4.92 Å². The topological polar surface area (TPSA) is 134 Å². The number of anilines is 2. The summed E-state index contributed by atoms with van der Waals surface area (Å²) >= 11 is 3.18. The summed E-state index contributed by atoms with van der Waals surface area (Å²) in [6.45, 7) is 0. The number of benzene rings is 1. The Morgan fingerprint density at radius 1 is 1.11 bits per heavy atom. The van der Waals surface area contributed by atoms with Gasteiger partial charge in [0.2, 0.25) is 11.9 Å². The van der Waals surface area contributed by atoms with Crippen LogP contribution in [0, 0.1) is 10.1 Å². The molecule has 4 N–H and O–H groups in total. The van der Waals surface area contributed by atoms with Crippen molar-refractivity contribution in [1.29, 1.82) is 0 Å². The summed E-state index contributed by atoms with van der Waals surface area (Å²) in [5.74, 6) is 0.102. The maximum Gasteiger partial charge on any atom is 0.271 e. The molecule has 92 valence electrons. The minimum absolute atomic E-state index is 0.0415. The first-order chi connectivity index (χ1) is 8.45. The average Bonchev–Trinajstić information content (AvgIpc) is 2.26. The fourth-order valence-corrected chi connectivity index (χ4v) is 1.83. The molecule has 0 amide bonds. The van der Waals surface area contributed by atoms with Crippen LogP contribution < -0.4 is 11.5 Å². The second-order valence-corrected chi connectivity index (χ2v) is 4.25. The quantitative estimate of drug-likeness (QED) is 0.631. The Morgan fingerprint density at radius 3 is 2.28 bits per heavy atom. The van der Waals surface area contributed by atoms with Crippen molar-refractivity contribution in [3.8, 4) is 11.4 Å². The summed E-state index contributed by atoms with van der Waals surface area (Å²) in [5.41, 5.74) is 11.2. The van der Waals surface area contributed by atoms with Crippen LogP contribution in [0.4, 0.5) is 17.6 Å². The third-order valence-electron chi connectivity index (χ3n) is 2.02. The van der Waals surface area contributed by atoms with Crippen molar-refractivity contribution >= 4 is 33.5 Å². The summed E-state index contributed by atoms with van der Waals surface area (Å²) < 4.78 is 0.532. The SMILES string of the molecule is Nc1nc(N)nc(-c2cc(Br)cc([N+](=O)[O-])c2)n1. The molecule has 1 heterocycles. The van der Waals surface area contributed by atoms with Crippen LogP contribution in [0.2, 0.25) is 0 Å². The predicted octanol–water partition coefficient (Wildman–Crippen LogP) is 1.37. The van der Waals surface area contributed by atoms with E-state index in [1.54, 1.807) is 6.07 Å². The number of hydrogen-bond acceptors (Lipinski definition) is 7. The number of nitrogens with two attached hydrogens (primary N) is 2. The Bertz CT molecular complexity index is 612. The smallest absolute Gasteiger partial charge is 0.271 e. The maximum absolute atomic E-state index is 10.8. The van der Waals surface area contributed by atoms with E-state index in [1.165, 1.54) is 12.1 Å². The first kappa shape index (κ1) is 12.2. The van der Waals surface area contributed by atoms with Gasteiger partial charge in [-0.2, -0.15) is 15.0 Å². The number of halogens is 1. The maximum atomic E-state index is 10.8. The normalized spacial score (nSPS) is 10.3. The fraction of sp³-hybridized carbons (Fsp3) is 0. The molecule has 2 aromatic rings. The number of non-ortho nitro benzene ring substituents is 1. The first-order valence-corrected chi connectivity index (χ1v) is 5.47. The van der Waals surface area contributed by atoms with Crippen LogP contribution in [-0.2, 0) is 0 Å². The van der Waals surface area contributed by atoms with Crippen LogP contribution in [0.5, 0.6) is 0 Å². The Balaban J connectivity index is 2.59. The van der Waals surface area contributed by atoms with Crippen molar-refractivity contribution < 1.29 is 4.92 Å². The van der Waals surface area contributed by atoms with Gasteiger partial charge in [-0.3, -0.25) is 10.1 Å². The zero-order valence-corrected chi connectivity index (χ0v) is 10.5. The van der Waals surface area contributed by atoms with E-state index in [4.69, 9.17) is 11.5 Å².